The average molecular weight is 280 g/mol. The molecule has 0 radical (unpaired) electrons. The Morgan fingerprint density at radius 2 is 2.05 bits per heavy atom. The average Bonchev–Trinajstić information content (AvgIpc) is 2.93. The molecule has 3 aliphatic rings. The highest BCUT2D eigenvalue weighted by atomic mass is 16.5. The second-order valence-corrected chi connectivity index (χ2v) is 6.53. The number of piperazine rings is 1. The van der Waals surface area contributed by atoms with Crippen LogP contribution in [0.25, 0.3) is 0 Å². The van der Waals surface area contributed by atoms with Crippen molar-refractivity contribution in [2.24, 2.45) is 16.8 Å². The van der Waals surface area contributed by atoms with Crippen molar-refractivity contribution in [1.82, 2.24) is 15.1 Å². The molecule has 0 amide bonds. The number of nitrogens with one attached hydrogen (secondary N) is 1. The highest BCUT2D eigenvalue weighted by Crippen LogP contribution is 2.29. The maximum absolute atomic E-state index is 5.47. The quantitative estimate of drug-likeness (QED) is 0.608. The lowest BCUT2D eigenvalue weighted by Gasteiger charge is -2.37. The van der Waals surface area contributed by atoms with Crippen molar-refractivity contribution in [1.29, 1.82) is 0 Å². The van der Waals surface area contributed by atoms with Crippen LogP contribution < -0.4 is 5.32 Å². The second kappa shape index (κ2) is 6.31. The van der Waals surface area contributed by atoms with Crippen molar-refractivity contribution in [2.75, 3.05) is 53.0 Å². The third-order valence-corrected chi connectivity index (χ3v) is 4.85. The normalized spacial score (nSPS) is 35.4. The Morgan fingerprint density at radius 1 is 1.30 bits per heavy atom. The van der Waals surface area contributed by atoms with Gasteiger partial charge in [0.25, 0.3) is 0 Å². The number of guanidine groups is 1. The molecule has 5 heteroatoms. The molecule has 0 aromatic carbocycles. The number of ether oxygens (including phenoxy) is 1. The van der Waals surface area contributed by atoms with E-state index in [4.69, 9.17) is 4.74 Å². The standard InChI is InChI=1S/C15H28N4O/c1-12-9-14(12)17-15(16-2)19-6-4-18(5-7-19)10-13-3-8-20-11-13/h12-14H,3-11H2,1-2H3,(H,16,17). The van der Waals surface area contributed by atoms with Crippen LogP contribution in [0, 0.1) is 11.8 Å². The molecule has 114 valence electrons. The molecule has 3 atom stereocenters. The molecule has 3 unspecified atom stereocenters. The number of aliphatic imine (C=N–C) groups is 1. The predicted molar refractivity (Wildman–Crippen MR) is 81.0 cm³/mol. The van der Waals surface area contributed by atoms with Gasteiger partial charge in [-0.1, -0.05) is 6.92 Å². The van der Waals surface area contributed by atoms with Crippen LogP contribution in [0.2, 0.25) is 0 Å². The Hall–Kier alpha value is -0.810. The van der Waals surface area contributed by atoms with E-state index in [1.165, 1.54) is 19.4 Å². The molecule has 1 saturated carbocycles. The molecule has 0 aromatic heterocycles. The van der Waals surface area contributed by atoms with Crippen LogP contribution >= 0.6 is 0 Å². The van der Waals surface area contributed by atoms with E-state index in [2.05, 4.69) is 27.0 Å². The van der Waals surface area contributed by atoms with Gasteiger partial charge in [-0.3, -0.25) is 9.89 Å². The van der Waals surface area contributed by atoms with Gasteiger partial charge in [0.2, 0.25) is 0 Å². The number of hydrogen-bond acceptors (Lipinski definition) is 3. The molecule has 20 heavy (non-hydrogen) atoms. The molecule has 2 heterocycles. The van der Waals surface area contributed by atoms with Crippen LogP contribution in [0.4, 0.5) is 0 Å². The van der Waals surface area contributed by atoms with Gasteiger partial charge in [0, 0.05) is 52.4 Å². The van der Waals surface area contributed by atoms with E-state index < -0.39 is 0 Å². The van der Waals surface area contributed by atoms with Gasteiger partial charge < -0.3 is 15.0 Å². The van der Waals surface area contributed by atoms with Crippen LogP contribution in [0.3, 0.4) is 0 Å². The summed E-state index contributed by atoms with van der Waals surface area (Å²) in [5, 5.41) is 3.59. The summed E-state index contributed by atoms with van der Waals surface area (Å²) in [7, 11) is 1.90. The van der Waals surface area contributed by atoms with E-state index in [0.717, 1.165) is 57.2 Å². The number of rotatable bonds is 3. The summed E-state index contributed by atoms with van der Waals surface area (Å²) in [5.41, 5.74) is 0. The lowest BCUT2D eigenvalue weighted by atomic mass is 10.1. The van der Waals surface area contributed by atoms with Gasteiger partial charge >= 0.3 is 0 Å². The minimum absolute atomic E-state index is 0.655. The molecule has 1 N–H and O–H groups in total. The fourth-order valence-electron chi connectivity index (χ4n) is 3.22. The predicted octanol–water partition coefficient (Wildman–Crippen LogP) is 0.624. The Balaban J connectivity index is 1.42. The van der Waals surface area contributed by atoms with E-state index in [9.17, 15) is 0 Å². The van der Waals surface area contributed by atoms with Crippen LogP contribution in [-0.4, -0.2) is 74.8 Å². The molecule has 5 nitrogen and oxygen atoms in total. The molecule has 2 aliphatic heterocycles. The smallest absolute Gasteiger partial charge is 0.193 e. The first kappa shape index (κ1) is 14.1. The topological polar surface area (TPSA) is 40.1 Å². The lowest BCUT2D eigenvalue weighted by Crippen LogP contribution is -2.53. The van der Waals surface area contributed by atoms with E-state index in [-0.39, 0.29) is 0 Å². The third kappa shape index (κ3) is 3.44. The summed E-state index contributed by atoms with van der Waals surface area (Å²) >= 11 is 0. The number of hydrogen-bond donors (Lipinski definition) is 1. The van der Waals surface area contributed by atoms with Gasteiger partial charge in [0.15, 0.2) is 5.96 Å². The fraction of sp³-hybridized carbons (Fsp3) is 0.933. The van der Waals surface area contributed by atoms with Crippen molar-refractivity contribution in [3.8, 4) is 0 Å². The molecule has 0 spiro atoms. The molecule has 2 saturated heterocycles. The maximum Gasteiger partial charge on any atom is 0.193 e. The second-order valence-electron chi connectivity index (χ2n) is 6.53. The first-order valence-electron chi connectivity index (χ1n) is 8.04. The van der Waals surface area contributed by atoms with Crippen LogP contribution in [0.5, 0.6) is 0 Å². The van der Waals surface area contributed by atoms with Crippen LogP contribution in [-0.2, 0) is 4.74 Å². The zero-order chi connectivity index (χ0) is 13.9. The zero-order valence-corrected chi connectivity index (χ0v) is 12.8. The van der Waals surface area contributed by atoms with Gasteiger partial charge in [0.05, 0.1) is 6.61 Å². The number of nitrogens with zero attached hydrogens (tertiary/aromatic N) is 3. The summed E-state index contributed by atoms with van der Waals surface area (Å²) < 4.78 is 5.47. The Bertz CT molecular complexity index is 346. The Kier molecular flexibility index (Phi) is 4.46. The monoisotopic (exact) mass is 280 g/mol. The summed E-state index contributed by atoms with van der Waals surface area (Å²) in [6.07, 6.45) is 2.53. The SMILES string of the molecule is CN=C(NC1CC1C)N1CCN(CC2CCOC2)CC1. The molecule has 1 aliphatic carbocycles. The molecule has 3 rings (SSSR count). The van der Waals surface area contributed by atoms with E-state index in [0.29, 0.717) is 6.04 Å². The lowest BCUT2D eigenvalue weighted by molar-refractivity contribution is 0.139. The molecule has 0 aromatic rings. The first-order chi connectivity index (χ1) is 9.76. The van der Waals surface area contributed by atoms with Gasteiger partial charge in [-0.15, -0.1) is 0 Å². The molecule has 0 bridgehead atoms. The third-order valence-electron chi connectivity index (χ3n) is 4.85. The summed E-state index contributed by atoms with van der Waals surface area (Å²) in [4.78, 5) is 9.44. The maximum atomic E-state index is 5.47. The van der Waals surface area contributed by atoms with Crippen molar-refractivity contribution >= 4 is 5.96 Å². The summed E-state index contributed by atoms with van der Waals surface area (Å²) in [6.45, 7) is 9.91. The van der Waals surface area contributed by atoms with Gasteiger partial charge in [-0.25, -0.2) is 0 Å². The first-order valence-corrected chi connectivity index (χ1v) is 8.04. The van der Waals surface area contributed by atoms with Gasteiger partial charge in [0.1, 0.15) is 0 Å². The molecule has 3 fully saturated rings. The summed E-state index contributed by atoms with van der Waals surface area (Å²) in [6, 6.07) is 0.655. The molecular weight excluding hydrogens is 252 g/mol. The van der Waals surface area contributed by atoms with Crippen molar-refractivity contribution in [3.05, 3.63) is 0 Å². The highest BCUT2D eigenvalue weighted by molar-refractivity contribution is 5.80. The van der Waals surface area contributed by atoms with Crippen molar-refractivity contribution in [2.45, 2.75) is 25.8 Å². The van der Waals surface area contributed by atoms with Gasteiger partial charge in [-0.05, 0) is 24.7 Å². The minimum Gasteiger partial charge on any atom is -0.381 e. The van der Waals surface area contributed by atoms with E-state index >= 15 is 0 Å². The Labute approximate surface area is 122 Å². The van der Waals surface area contributed by atoms with Crippen LogP contribution in [0.1, 0.15) is 19.8 Å². The Morgan fingerprint density at radius 3 is 2.60 bits per heavy atom. The van der Waals surface area contributed by atoms with Crippen LogP contribution in [0.15, 0.2) is 4.99 Å². The van der Waals surface area contributed by atoms with E-state index in [1.807, 2.05) is 7.05 Å². The van der Waals surface area contributed by atoms with Gasteiger partial charge in [-0.2, -0.15) is 0 Å². The highest BCUT2D eigenvalue weighted by Gasteiger charge is 2.34. The largest absolute Gasteiger partial charge is 0.381 e. The minimum atomic E-state index is 0.655. The van der Waals surface area contributed by atoms with E-state index in [1.54, 1.807) is 0 Å². The van der Waals surface area contributed by atoms with Crippen molar-refractivity contribution < 1.29 is 4.74 Å². The molecular formula is C15H28N4O. The fourth-order valence-corrected chi connectivity index (χ4v) is 3.22. The van der Waals surface area contributed by atoms with Crippen molar-refractivity contribution in [3.63, 3.8) is 0 Å². The summed E-state index contributed by atoms with van der Waals surface area (Å²) in [5.74, 6) is 2.67. The zero-order valence-electron chi connectivity index (χ0n) is 12.8.